The van der Waals surface area contributed by atoms with E-state index in [0.717, 1.165) is 15.6 Å². The van der Waals surface area contributed by atoms with Crippen molar-refractivity contribution in [3.8, 4) is 11.5 Å². The molecular formula is C22H28N6O5S. The summed E-state index contributed by atoms with van der Waals surface area (Å²) in [6.45, 7) is 8.51. The molecule has 2 aromatic heterocycles. The lowest BCUT2D eigenvalue weighted by Gasteiger charge is -2.33. The number of aryl methyl sites for hydroxylation is 1. The van der Waals surface area contributed by atoms with Gasteiger partial charge in [-0.3, -0.25) is 10.1 Å². The molecule has 1 saturated heterocycles. The molecule has 0 spiro atoms. The standard InChI is InChI=1S/C22H28N6O5S/c1-12-10-16-14(11-15(12)31-5)17(18(34-16)19(29)23-20-24-26-27-25-20)32-13-6-8-28(9-7-13)21(30)33-22(2,3)4/h10-11,13H,6-9H2,1-5H3,(H2,23,24,25,26,27,29). The van der Waals surface area contributed by atoms with Gasteiger partial charge in [0.25, 0.3) is 11.9 Å². The summed E-state index contributed by atoms with van der Waals surface area (Å²) in [5.41, 5.74) is 0.414. The Bertz CT molecular complexity index is 1180. The largest absolute Gasteiger partial charge is 0.496 e. The SMILES string of the molecule is COc1cc2c(OC3CCN(C(=O)OC(C)(C)C)CC3)c(C(=O)Nc3nn[nH]n3)sc2cc1C. The number of anilines is 1. The summed E-state index contributed by atoms with van der Waals surface area (Å²) < 4.78 is 18.3. The minimum atomic E-state index is -0.543. The van der Waals surface area contributed by atoms with Gasteiger partial charge in [-0.2, -0.15) is 5.21 Å². The van der Waals surface area contributed by atoms with Crippen LogP contribution >= 0.6 is 11.3 Å². The fourth-order valence-corrected chi connectivity index (χ4v) is 4.82. The maximum absolute atomic E-state index is 13.1. The average Bonchev–Trinajstić information content (AvgIpc) is 3.40. The van der Waals surface area contributed by atoms with Crippen LogP contribution in [0.4, 0.5) is 10.7 Å². The number of H-pyrrole nitrogens is 1. The maximum atomic E-state index is 13.1. The number of piperidine rings is 1. The molecule has 34 heavy (non-hydrogen) atoms. The highest BCUT2D eigenvalue weighted by Gasteiger charge is 2.30. The van der Waals surface area contributed by atoms with Gasteiger partial charge in [-0.15, -0.1) is 16.4 Å². The molecule has 0 saturated carbocycles. The number of benzene rings is 1. The summed E-state index contributed by atoms with van der Waals surface area (Å²) in [4.78, 5) is 27.5. The molecule has 12 heteroatoms. The van der Waals surface area contributed by atoms with Crippen LogP contribution in [0.2, 0.25) is 0 Å². The summed E-state index contributed by atoms with van der Waals surface area (Å²) in [6.07, 6.45) is 0.740. The number of fused-ring (bicyclic) bond motifs is 1. The van der Waals surface area contributed by atoms with Crippen LogP contribution in [0.15, 0.2) is 12.1 Å². The predicted molar refractivity (Wildman–Crippen MR) is 127 cm³/mol. The van der Waals surface area contributed by atoms with Crippen molar-refractivity contribution in [3.63, 3.8) is 0 Å². The Morgan fingerprint density at radius 3 is 2.59 bits per heavy atom. The molecule has 2 N–H and O–H groups in total. The Hall–Kier alpha value is -3.41. The van der Waals surface area contributed by atoms with Gasteiger partial charge in [0.05, 0.1) is 7.11 Å². The molecule has 0 unspecified atom stereocenters. The minimum absolute atomic E-state index is 0.0767. The van der Waals surface area contributed by atoms with E-state index in [1.165, 1.54) is 11.3 Å². The van der Waals surface area contributed by atoms with Crippen LogP contribution in [0.25, 0.3) is 10.1 Å². The molecule has 1 aliphatic heterocycles. The van der Waals surface area contributed by atoms with Crippen LogP contribution in [0.5, 0.6) is 11.5 Å². The van der Waals surface area contributed by atoms with Crippen molar-refractivity contribution in [1.82, 2.24) is 25.5 Å². The molecular weight excluding hydrogens is 460 g/mol. The van der Waals surface area contributed by atoms with Gasteiger partial charge in [0.15, 0.2) is 5.75 Å². The highest BCUT2D eigenvalue weighted by molar-refractivity contribution is 7.21. The van der Waals surface area contributed by atoms with E-state index >= 15 is 0 Å². The summed E-state index contributed by atoms with van der Waals surface area (Å²) in [5, 5.41) is 16.8. The lowest BCUT2D eigenvalue weighted by Crippen LogP contribution is -2.44. The Balaban J connectivity index is 1.57. The molecule has 0 bridgehead atoms. The van der Waals surface area contributed by atoms with E-state index in [1.807, 2.05) is 39.8 Å². The van der Waals surface area contributed by atoms with Crippen molar-refractivity contribution >= 4 is 39.4 Å². The predicted octanol–water partition coefficient (Wildman–Crippen LogP) is 3.76. The number of aromatic nitrogens is 4. The first-order valence-corrected chi connectivity index (χ1v) is 11.8. The second-order valence-electron chi connectivity index (χ2n) is 9.05. The van der Waals surface area contributed by atoms with E-state index < -0.39 is 5.60 Å². The number of carbonyl (C=O) groups is 2. The normalized spacial score (nSPS) is 14.8. The van der Waals surface area contributed by atoms with Gasteiger partial charge in [-0.1, -0.05) is 5.10 Å². The van der Waals surface area contributed by atoms with E-state index in [2.05, 4.69) is 25.9 Å². The van der Waals surface area contributed by atoms with Crippen molar-refractivity contribution in [2.24, 2.45) is 0 Å². The van der Waals surface area contributed by atoms with E-state index in [4.69, 9.17) is 14.2 Å². The van der Waals surface area contributed by atoms with Crippen molar-refractivity contribution in [1.29, 1.82) is 0 Å². The second-order valence-corrected chi connectivity index (χ2v) is 10.1. The zero-order valence-electron chi connectivity index (χ0n) is 19.8. The quantitative estimate of drug-likeness (QED) is 0.555. The third-order valence-electron chi connectivity index (χ3n) is 5.32. The van der Waals surface area contributed by atoms with Crippen LogP contribution in [0.1, 0.15) is 48.8 Å². The van der Waals surface area contributed by atoms with Gasteiger partial charge in [-0.25, -0.2) is 4.79 Å². The summed E-state index contributed by atoms with van der Waals surface area (Å²) in [5.74, 6) is 0.878. The molecule has 0 aliphatic carbocycles. The van der Waals surface area contributed by atoms with Crippen LogP contribution in [0.3, 0.4) is 0 Å². The average molecular weight is 489 g/mol. The maximum Gasteiger partial charge on any atom is 0.410 e. The fourth-order valence-electron chi connectivity index (χ4n) is 3.71. The molecule has 3 heterocycles. The number of methoxy groups -OCH3 is 1. The number of nitrogens with one attached hydrogen (secondary N) is 2. The van der Waals surface area contributed by atoms with E-state index in [1.54, 1.807) is 12.0 Å². The Labute approximate surface area is 200 Å². The first-order chi connectivity index (χ1) is 16.1. The Morgan fingerprint density at radius 2 is 1.97 bits per heavy atom. The molecule has 4 rings (SSSR count). The van der Waals surface area contributed by atoms with E-state index in [9.17, 15) is 9.59 Å². The number of carbonyl (C=O) groups excluding carboxylic acids is 2. The van der Waals surface area contributed by atoms with Crippen molar-refractivity contribution < 1.29 is 23.8 Å². The van der Waals surface area contributed by atoms with Gasteiger partial charge in [0.2, 0.25) is 0 Å². The zero-order chi connectivity index (χ0) is 24.5. The number of amides is 2. The molecule has 2 amide bonds. The number of tetrazole rings is 1. The first kappa shape index (κ1) is 23.7. The van der Waals surface area contributed by atoms with Crippen molar-refractivity contribution in [2.45, 2.75) is 52.2 Å². The number of ether oxygens (including phenoxy) is 3. The van der Waals surface area contributed by atoms with Gasteiger partial charge in [0, 0.05) is 36.0 Å². The topological polar surface area (TPSA) is 132 Å². The first-order valence-electron chi connectivity index (χ1n) is 10.9. The van der Waals surface area contributed by atoms with Crippen LogP contribution < -0.4 is 14.8 Å². The van der Waals surface area contributed by atoms with Gasteiger partial charge < -0.3 is 19.1 Å². The summed E-state index contributed by atoms with van der Waals surface area (Å²) in [6, 6.07) is 3.86. The third-order valence-corrected chi connectivity index (χ3v) is 6.45. The number of likely N-dealkylation sites (tertiary alicyclic amines) is 1. The number of rotatable bonds is 5. The van der Waals surface area contributed by atoms with Gasteiger partial charge >= 0.3 is 6.09 Å². The lowest BCUT2D eigenvalue weighted by atomic mass is 10.1. The smallest absolute Gasteiger partial charge is 0.410 e. The Morgan fingerprint density at radius 1 is 1.24 bits per heavy atom. The van der Waals surface area contributed by atoms with Gasteiger partial charge in [-0.05, 0) is 50.6 Å². The molecule has 11 nitrogen and oxygen atoms in total. The van der Waals surface area contributed by atoms with Crippen molar-refractivity contribution in [3.05, 3.63) is 22.6 Å². The molecule has 3 aromatic rings. The molecule has 1 aliphatic rings. The fraction of sp³-hybridized carbons (Fsp3) is 0.500. The number of hydrogen-bond acceptors (Lipinski definition) is 9. The molecule has 1 aromatic carbocycles. The van der Waals surface area contributed by atoms with Crippen molar-refractivity contribution in [2.75, 3.05) is 25.5 Å². The number of thiophene rings is 1. The second kappa shape index (κ2) is 9.45. The highest BCUT2D eigenvalue weighted by atomic mass is 32.1. The summed E-state index contributed by atoms with van der Waals surface area (Å²) in [7, 11) is 1.61. The number of aromatic amines is 1. The molecule has 1 fully saturated rings. The van der Waals surface area contributed by atoms with E-state index in [0.29, 0.717) is 42.3 Å². The minimum Gasteiger partial charge on any atom is -0.496 e. The Kier molecular flexibility index (Phi) is 6.60. The molecule has 0 atom stereocenters. The lowest BCUT2D eigenvalue weighted by molar-refractivity contribution is 0.0128. The number of nitrogens with zero attached hydrogens (tertiary/aromatic N) is 4. The summed E-state index contributed by atoms with van der Waals surface area (Å²) >= 11 is 1.32. The molecule has 182 valence electrons. The van der Waals surface area contributed by atoms with Crippen LogP contribution in [0, 0.1) is 6.92 Å². The molecule has 0 radical (unpaired) electrons. The monoisotopic (exact) mass is 488 g/mol. The van der Waals surface area contributed by atoms with Crippen LogP contribution in [-0.4, -0.2) is 69.4 Å². The number of hydrogen-bond donors (Lipinski definition) is 2. The zero-order valence-corrected chi connectivity index (χ0v) is 20.6. The highest BCUT2D eigenvalue weighted by Crippen LogP contribution is 2.42. The van der Waals surface area contributed by atoms with E-state index in [-0.39, 0.29) is 24.1 Å². The van der Waals surface area contributed by atoms with Crippen LogP contribution in [-0.2, 0) is 4.74 Å². The van der Waals surface area contributed by atoms with Gasteiger partial charge in [0.1, 0.15) is 22.3 Å². The third kappa shape index (κ3) is 5.22.